The number of amides is 2. The van der Waals surface area contributed by atoms with Crippen molar-refractivity contribution in [2.24, 2.45) is 0 Å². The van der Waals surface area contributed by atoms with Crippen molar-refractivity contribution in [1.82, 2.24) is 10.2 Å². The summed E-state index contributed by atoms with van der Waals surface area (Å²) in [6.45, 7) is 8.18. The molecule has 0 saturated carbocycles. The second-order valence-corrected chi connectivity index (χ2v) is 11.0. The number of aryl methyl sites for hydroxylation is 1. The molecule has 2 amide bonds. The molecule has 0 bridgehead atoms. The molecule has 0 aliphatic rings. The zero-order valence-electron chi connectivity index (χ0n) is 21.5. The van der Waals surface area contributed by atoms with Gasteiger partial charge in [0.25, 0.3) is 0 Å². The molecular formula is C27H39N3O4S. The maximum atomic E-state index is 13.3. The van der Waals surface area contributed by atoms with Crippen molar-refractivity contribution in [2.45, 2.75) is 65.5 Å². The lowest BCUT2D eigenvalue weighted by molar-refractivity contribution is -0.140. The summed E-state index contributed by atoms with van der Waals surface area (Å²) in [6.07, 6.45) is 3.10. The minimum atomic E-state index is -3.50. The van der Waals surface area contributed by atoms with Crippen LogP contribution in [0.1, 0.15) is 51.2 Å². The van der Waals surface area contributed by atoms with Gasteiger partial charge in [-0.25, -0.2) is 8.42 Å². The molecule has 192 valence electrons. The summed E-state index contributed by atoms with van der Waals surface area (Å²) in [5, 5.41) is 2.96. The maximum absolute atomic E-state index is 13.3. The normalized spacial score (nSPS) is 13.1. The van der Waals surface area contributed by atoms with E-state index in [1.807, 2.05) is 69.3 Å². The van der Waals surface area contributed by atoms with Gasteiger partial charge in [-0.15, -0.1) is 0 Å². The Morgan fingerprint density at radius 2 is 1.69 bits per heavy atom. The molecule has 0 fully saturated rings. The Kier molecular flexibility index (Phi) is 10.8. The highest BCUT2D eigenvalue weighted by molar-refractivity contribution is 7.92. The van der Waals surface area contributed by atoms with Gasteiger partial charge in [-0.3, -0.25) is 13.9 Å². The molecule has 0 spiro atoms. The summed E-state index contributed by atoms with van der Waals surface area (Å²) in [6, 6.07) is 16.5. The lowest BCUT2D eigenvalue weighted by atomic mass is 10.1. The third kappa shape index (κ3) is 9.02. The molecule has 0 aromatic heterocycles. The number of nitrogens with one attached hydrogen (secondary N) is 1. The molecule has 1 N–H and O–H groups in total. The Morgan fingerprint density at radius 1 is 1.00 bits per heavy atom. The second kappa shape index (κ2) is 13.3. The van der Waals surface area contributed by atoms with Crippen molar-refractivity contribution in [3.63, 3.8) is 0 Å². The van der Waals surface area contributed by atoms with Crippen LogP contribution >= 0.6 is 0 Å². The van der Waals surface area contributed by atoms with E-state index in [4.69, 9.17) is 0 Å². The minimum absolute atomic E-state index is 0.0219. The molecule has 8 heteroatoms. The van der Waals surface area contributed by atoms with Crippen LogP contribution in [0.15, 0.2) is 54.6 Å². The lowest BCUT2D eigenvalue weighted by Crippen LogP contribution is -2.50. The Labute approximate surface area is 210 Å². The van der Waals surface area contributed by atoms with Gasteiger partial charge < -0.3 is 10.2 Å². The topological polar surface area (TPSA) is 86.8 Å². The quantitative estimate of drug-likeness (QED) is 0.451. The number of anilines is 1. The number of hydrogen-bond acceptors (Lipinski definition) is 4. The van der Waals surface area contributed by atoms with Crippen molar-refractivity contribution in [2.75, 3.05) is 23.7 Å². The molecule has 0 heterocycles. The molecule has 0 unspecified atom stereocenters. The van der Waals surface area contributed by atoms with Crippen molar-refractivity contribution in [3.05, 3.63) is 65.7 Å². The van der Waals surface area contributed by atoms with Gasteiger partial charge in [0.15, 0.2) is 0 Å². The predicted octanol–water partition coefficient (Wildman–Crippen LogP) is 3.92. The van der Waals surface area contributed by atoms with Crippen molar-refractivity contribution >= 4 is 27.5 Å². The van der Waals surface area contributed by atoms with E-state index in [9.17, 15) is 18.0 Å². The highest BCUT2D eigenvalue weighted by Crippen LogP contribution is 2.20. The van der Waals surface area contributed by atoms with E-state index in [0.29, 0.717) is 25.1 Å². The molecule has 0 aliphatic carbocycles. The first kappa shape index (κ1) is 28.4. The number of nitrogens with zero attached hydrogens (tertiary/aromatic N) is 2. The van der Waals surface area contributed by atoms with Gasteiger partial charge in [-0.05, 0) is 63.3 Å². The molecule has 2 rings (SSSR count). The van der Waals surface area contributed by atoms with Crippen molar-refractivity contribution in [3.8, 4) is 0 Å². The van der Waals surface area contributed by atoms with E-state index in [2.05, 4.69) is 5.32 Å². The summed E-state index contributed by atoms with van der Waals surface area (Å²) in [5.74, 6) is -0.344. The fourth-order valence-electron chi connectivity index (χ4n) is 3.82. The maximum Gasteiger partial charge on any atom is 0.242 e. The number of benzene rings is 2. The highest BCUT2D eigenvalue weighted by atomic mass is 32.2. The minimum Gasteiger partial charge on any atom is -0.352 e. The van der Waals surface area contributed by atoms with Crippen LogP contribution in [0.5, 0.6) is 0 Å². The van der Waals surface area contributed by atoms with Gasteiger partial charge in [-0.1, -0.05) is 49.4 Å². The Hall–Kier alpha value is -2.87. The van der Waals surface area contributed by atoms with Gasteiger partial charge in [0.2, 0.25) is 21.8 Å². The van der Waals surface area contributed by atoms with E-state index in [0.717, 1.165) is 17.5 Å². The molecule has 2 aromatic rings. The molecule has 7 nitrogen and oxygen atoms in total. The number of sulfonamides is 1. The molecular weight excluding hydrogens is 462 g/mol. The molecule has 2 aromatic carbocycles. The molecule has 0 saturated heterocycles. The van der Waals surface area contributed by atoms with E-state index in [1.54, 1.807) is 17.9 Å². The van der Waals surface area contributed by atoms with Crippen LogP contribution in [0.25, 0.3) is 0 Å². The summed E-state index contributed by atoms with van der Waals surface area (Å²) in [5.41, 5.74) is 2.63. The van der Waals surface area contributed by atoms with Gasteiger partial charge >= 0.3 is 0 Å². The lowest BCUT2D eigenvalue weighted by Gasteiger charge is -2.30. The summed E-state index contributed by atoms with van der Waals surface area (Å²) < 4.78 is 26.2. The fraction of sp³-hybridized carbons (Fsp3) is 0.481. The zero-order valence-corrected chi connectivity index (χ0v) is 22.3. The zero-order chi connectivity index (χ0) is 26.0. The van der Waals surface area contributed by atoms with Crippen LogP contribution in [0.2, 0.25) is 0 Å². The van der Waals surface area contributed by atoms with Crippen molar-refractivity contribution < 1.29 is 18.0 Å². The van der Waals surface area contributed by atoms with E-state index in [1.165, 1.54) is 10.6 Å². The highest BCUT2D eigenvalue weighted by Gasteiger charge is 2.26. The first-order chi connectivity index (χ1) is 16.5. The monoisotopic (exact) mass is 501 g/mol. The van der Waals surface area contributed by atoms with Crippen molar-refractivity contribution in [1.29, 1.82) is 0 Å². The Balaban J connectivity index is 2.11. The standard InChI is InChI=1S/C27H39N3O4S/c1-6-22(3)28-27(32)23(4)29(19-17-24-13-8-7-9-14-24)26(31)16-11-18-30(35(5,33)34)25-15-10-12-21(2)20-25/h7-10,12-15,20,22-23H,6,11,16-19H2,1-5H3,(H,28,32)/t22-,23+/m1/s1. The van der Waals surface area contributed by atoms with E-state index >= 15 is 0 Å². The molecule has 0 aliphatic heterocycles. The number of carbonyl (C=O) groups excluding carboxylic acids is 2. The average molecular weight is 502 g/mol. The van der Waals surface area contributed by atoms with Crippen LogP contribution in [-0.2, 0) is 26.0 Å². The van der Waals surface area contributed by atoms with Gasteiger partial charge in [0.05, 0.1) is 11.9 Å². The molecule has 0 radical (unpaired) electrons. The Bertz CT molecular complexity index is 1070. The predicted molar refractivity (Wildman–Crippen MR) is 142 cm³/mol. The van der Waals surface area contributed by atoms with Crippen LogP contribution in [0.3, 0.4) is 0 Å². The van der Waals surface area contributed by atoms with E-state index < -0.39 is 16.1 Å². The first-order valence-corrected chi connectivity index (χ1v) is 14.1. The molecule has 2 atom stereocenters. The number of rotatable bonds is 13. The number of hydrogen-bond donors (Lipinski definition) is 1. The SMILES string of the molecule is CC[C@@H](C)NC(=O)[C@H](C)N(CCc1ccccc1)C(=O)CCCN(c1cccc(C)c1)S(C)(=O)=O. The Morgan fingerprint density at radius 3 is 2.29 bits per heavy atom. The van der Waals surface area contributed by atoms with E-state index in [-0.39, 0.29) is 30.8 Å². The summed E-state index contributed by atoms with van der Waals surface area (Å²) in [4.78, 5) is 27.7. The van der Waals surface area contributed by atoms with Crippen LogP contribution in [0.4, 0.5) is 5.69 Å². The van der Waals surface area contributed by atoms with Crippen LogP contribution in [-0.4, -0.2) is 56.6 Å². The van der Waals surface area contributed by atoms with Gasteiger partial charge in [0, 0.05) is 25.6 Å². The largest absolute Gasteiger partial charge is 0.352 e. The summed E-state index contributed by atoms with van der Waals surface area (Å²) >= 11 is 0. The second-order valence-electron chi connectivity index (χ2n) is 9.09. The number of carbonyl (C=O) groups is 2. The summed E-state index contributed by atoms with van der Waals surface area (Å²) in [7, 11) is -3.50. The third-order valence-electron chi connectivity index (χ3n) is 6.09. The van der Waals surface area contributed by atoms with Gasteiger partial charge in [0.1, 0.15) is 6.04 Å². The first-order valence-electron chi connectivity index (χ1n) is 12.2. The van der Waals surface area contributed by atoms with Gasteiger partial charge in [-0.2, -0.15) is 0 Å². The average Bonchev–Trinajstić information content (AvgIpc) is 2.81. The molecule has 35 heavy (non-hydrogen) atoms. The van der Waals surface area contributed by atoms with Crippen LogP contribution < -0.4 is 9.62 Å². The smallest absolute Gasteiger partial charge is 0.242 e. The fourth-order valence-corrected chi connectivity index (χ4v) is 4.78. The third-order valence-corrected chi connectivity index (χ3v) is 7.29. The van der Waals surface area contributed by atoms with Crippen LogP contribution in [0, 0.1) is 6.92 Å².